The van der Waals surface area contributed by atoms with Gasteiger partial charge < -0.3 is 20.3 Å². The summed E-state index contributed by atoms with van der Waals surface area (Å²) in [5.41, 5.74) is 7.42. The Morgan fingerprint density at radius 2 is 2.15 bits per heavy atom. The fourth-order valence-corrected chi connectivity index (χ4v) is 3.61. The third-order valence-electron chi connectivity index (χ3n) is 4.34. The van der Waals surface area contributed by atoms with Gasteiger partial charge in [-0.15, -0.1) is 11.3 Å². The maximum Gasteiger partial charge on any atom is 0.191 e. The average Bonchev–Trinajstić information content (AvgIpc) is 3.21. The zero-order chi connectivity index (χ0) is 18.2. The van der Waals surface area contributed by atoms with Crippen molar-refractivity contribution >= 4 is 22.4 Å². The molecule has 7 heteroatoms. The molecule has 2 heterocycles. The Balaban J connectivity index is 1.45. The highest BCUT2D eigenvalue weighted by atomic mass is 32.1. The molecule has 1 fully saturated rings. The number of hydrogen-bond acceptors (Lipinski definition) is 5. The molecule has 1 saturated heterocycles. The van der Waals surface area contributed by atoms with Crippen LogP contribution in [0.15, 0.2) is 40.8 Å². The van der Waals surface area contributed by atoms with E-state index in [1.165, 1.54) is 5.56 Å². The Bertz CT molecular complexity index is 696. The molecule has 1 aliphatic rings. The predicted molar refractivity (Wildman–Crippen MR) is 108 cm³/mol. The van der Waals surface area contributed by atoms with E-state index >= 15 is 0 Å². The minimum Gasteiger partial charge on any atom is -0.494 e. The number of benzene rings is 1. The van der Waals surface area contributed by atoms with E-state index in [4.69, 9.17) is 10.5 Å². The van der Waals surface area contributed by atoms with Crippen LogP contribution < -0.4 is 15.4 Å². The maximum absolute atomic E-state index is 6.19. The summed E-state index contributed by atoms with van der Waals surface area (Å²) in [6, 6.07) is 8.23. The van der Waals surface area contributed by atoms with E-state index in [9.17, 15) is 0 Å². The SMILES string of the molecule is CCCOc1cccc(CCN=C(N)N2CCN(c3nccs3)CC2)c1. The fraction of sp³-hybridized carbons (Fsp3) is 0.474. The van der Waals surface area contributed by atoms with E-state index < -0.39 is 0 Å². The third kappa shape index (κ3) is 5.11. The Morgan fingerprint density at radius 1 is 1.31 bits per heavy atom. The minimum atomic E-state index is 0.641. The molecule has 0 amide bonds. The minimum absolute atomic E-state index is 0.641. The van der Waals surface area contributed by atoms with Gasteiger partial charge in [-0.1, -0.05) is 19.1 Å². The molecule has 3 rings (SSSR count). The van der Waals surface area contributed by atoms with Crippen LogP contribution in [0.1, 0.15) is 18.9 Å². The van der Waals surface area contributed by atoms with Gasteiger partial charge in [-0.05, 0) is 30.5 Å². The summed E-state index contributed by atoms with van der Waals surface area (Å²) in [6.45, 7) is 7.18. The highest BCUT2D eigenvalue weighted by Crippen LogP contribution is 2.19. The number of nitrogens with two attached hydrogens (primary N) is 1. The van der Waals surface area contributed by atoms with Crippen molar-refractivity contribution in [3.63, 3.8) is 0 Å². The number of thiazole rings is 1. The number of rotatable bonds is 7. The lowest BCUT2D eigenvalue weighted by Crippen LogP contribution is -2.51. The van der Waals surface area contributed by atoms with E-state index in [-0.39, 0.29) is 0 Å². The summed E-state index contributed by atoms with van der Waals surface area (Å²) in [4.78, 5) is 13.4. The van der Waals surface area contributed by atoms with Crippen molar-refractivity contribution < 1.29 is 4.74 Å². The third-order valence-corrected chi connectivity index (χ3v) is 5.17. The average molecular weight is 374 g/mol. The van der Waals surface area contributed by atoms with Gasteiger partial charge in [0.15, 0.2) is 11.1 Å². The number of guanidine groups is 1. The topological polar surface area (TPSA) is 67.0 Å². The van der Waals surface area contributed by atoms with Gasteiger partial charge in [0.1, 0.15) is 5.75 Å². The van der Waals surface area contributed by atoms with E-state index in [1.54, 1.807) is 11.3 Å². The quantitative estimate of drug-likeness (QED) is 0.597. The molecule has 1 aliphatic heterocycles. The van der Waals surface area contributed by atoms with Gasteiger partial charge in [0.2, 0.25) is 0 Å². The molecule has 0 bridgehead atoms. The summed E-state index contributed by atoms with van der Waals surface area (Å²) >= 11 is 1.68. The maximum atomic E-state index is 6.19. The van der Waals surface area contributed by atoms with Gasteiger partial charge in [0, 0.05) is 44.3 Å². The number of ether oxygens (including phenoxy) is 1. The number of piperazine rings is 1. The van der Waals surface area contributed by atoms with E-state index in [1.807, 2.05) is 23.7 Å². The first kappa shape index (κ1) is 18.5. The highest BCUT2D eigenvalue weighted by Gasteiger charge is 2.19. The predicted octanol–water partition coefficient (Wildman–Crippen LogP) is 2.61. The van der Waals surface area contributed by atoms with Crippen LogP contribution in [0, 0.1) is 0 Å². The van der Waals surface area contributed by atoms with Gasteiger partial charge in [0.05, 0.1) is 6.61 Å². The number of nitrogens with zero attached hydrogens (tertiary/aromatic N) is 4. The molecule has 140 valence electrons. The van der Waals surface area contributed by atoms with Crippen LogP contribution in [0.2, 0.25) is 0 Å². The normalized spacial score (nSPS) is 15.3. The lowest BCUT2D eigenvalue weighted by molar-refractivity contribution is 0.317. The number of anilines is 1. The van der Waals surface area contributed by atoms with Crippen molar-refractivity contribution in [2.45, 2.75) is 19.8 Å². The van der Waals surface area contributed by atoms with Crippen LogP contribution in [-0.4, -0.2) is 55.2 Å². The van der Waals surface area contributed by atoms with Gasteiger partial charge >= 0.3 is 0 Å². The Morgan fingerprint density at radius 3 is 2.88 bits per heavy atom. The molecular formula is C19H27N5OS. The standard InChI is InChI=1S/C19H27N5OS/c1-2-13-25-17-5-3-4-16(15-17)6-7-21-18(20)23-9-11-24(12-10-23)19-22-8-14-26-19/h3-5,8,14-15H,2,6-7,9-13H2,1H3,(H2,20,21). The Hall–Kier alpha value is -2.28. The van der Waals surface area contributed by atoms with Crippen LogP contribution in [0.3, 0.4) is 0 Å². The van der Waals surface area contributed by atoms with Gasteiger partial charge in [0.25, 0.3) is 0 Å². The molecule has 26 heavy (non-hydrogen) atoms. The van der Waals surface area contributed by atoms with Crippen LogP contribution >= 0.6 is 11.3 Å². The van der Waals surface area contributed by atoms with Gasteiger partial charge in [-0.25, -0.2) is 4.98 Å². The van der Waals surface area contributed by atoms with Crippen LogP contribution in [-0.2, 0) is 6.42 Å². The lowest BCUT2D eigenvalue weighted by Gasteiger charge is -2.35. The first-order chi connectivity index (χ1) is 12.8. The molecule has 0 unspecified atom stereocenters. The number of aliphatic imine (C=N–C) groups is 1. The molecular weight excluding hydrogens is 346 g/mol. The van der Waals surface area contributed by atoms with Gasteiger partial charge in [-0.2, -0.15) is 0 Å². The first-order valence-corrected chi connectivity index (χ1v) is 10.1. The monoisotopic (exact) mass is 373 g/mol. The second kappa shape index (κ2) is 9.43. The van der Waals surface area contributed by atoms with Gasteiger partial charge in [-0.3, -0.25) is 4.99 Å². The Labute approximate surface area is 159 Å². The molecule has 0 saturated carbocycles. The fourth-order valence-electron chi connectivity index (χ4n) is 2.91. The summed E-state index contributed by atoms with van der Waals surface area (Å²) < 4.78 is 5.68. The second-order valence-corrected chi connectivity index (χ2v) is 7.15. The van der Waals surface area contributed by atoms with Crippen LogP contribution in [0.4, 0.5) is 5.13 Å². The van der Waals surface area contributed by atoms with Crippen LogP contribution in [0.5, 0.6) is 5.75 Å². The molecule has 1 aromatic heterocycles. The van der Waals surface area contributed by atoms with Crippen molar-refractivity contribution in [1.82, 2.24) is 9.88 Å². The molecule has 0 spiro atoms. The first-order valence-electron chi connectivity index (χ1n) is 9.17. The van der Waals surface area contributed by atoms with Crippen molar-refractivity contribution in [2.24, 2.45) is 10.7 Å². The van der Waals surface area contributed by atoms with E-state index in [2.05, 4.69) is 38.8 Å². The largest absolute Gasteiger partial charge is 0.494 e. The molecule has 2 N–H and O–H groups in total. The molecule has 0 aliphatic carbocycles. The number of aromatic nitrogens is 1. The summed E-state index contributed by atoms with van der Waals surface area (Å²) in [7, 11) is 0. The molecule has 0 radical (unpaired) electrons. The van der Waals surface area contributed by atoms with Crippen molar-refractivity contribution in [3.05, 3.63) is 41.4 Å². The smallest absolute Gasteiger partial charge is 0.191 e. The van der Waals surface area contributed by atoms with Crippen LogP contribution in [0.25, 0.3) is 0 Å². The Kier molecular flexibility index (Phi) is 6.71. The summed E-state index contributed by atoms with van der Waals surface area (Å²) in [5.74, 6) is 1.57. The van der Waals surface area contributed by atoms with Crippen molar-refractivity contribution in [3.8, 4) is 5.75 Å². The molecule has 6 nitrogen and oxygen atoms in total. The molecule has 0 atom stereocenters. The number of hydrogen-bond donors (Lipinski definition) is 1. The van der Waals surface area contributed by atoms with Crippen molar-refractivity contribution in [1.29, 1.82) is 0 Å². The lowest BCUT2D eigenvalue weighted by atomic mass is 10.1. The van der Waals surface area contributed by atoms with E-state index in [0.717, 1.165) is 56.5 Å². The zero-order valence-corrected chi connectivity index (χ0v) is 16.1. The molecule has 2 aromatic rings. The second-order valence-electron chi connectivity index (χ2n) is 6.27. The van der Waals surface area contributed by atoms with E-state index in [0.29, 0.717) is 12.5 Å². The highest BCUT2D eigenvalue weighted by molar-refractivity contribution is 7.13. The van der Waals surface area contributed by atoms with Crippen molar-refractivity contribution in [2.75, 3.05) is 44.2 Å². The zero-order valence-electron chi connectivity index (χ0n) is 15.3. The summed E-state index contributed by atoms with van der Waals surface area (Å²) in [5, 5.41) is 3.10. The summed E-state index contributed by atoms with van der Waals surface area (Å²) in [6.07, 6.45) is 3.73. The molecule has 1 aromatic carbocycles.